The first kappa shape index (κ1) is 12.4. The summed E-state index contributed by atoms with van der Waals surface area (Å²) in [6, 6.07) is 8.71. The summed E-state index contributed by atoms with van der Waals surface area (Å²) in [7, 11) is 0. The summed E-state index contributed by atoms with van der Waals surface area (Å²) in [6.07, 6.45) is 2.01. The molecule has 1 fully saturated rings. The van der Waals surface area contributed by atoms with Gasteiger partial charge in [-0.1, -0.05) is 36.4 Å². The van der Waals surface area contributed by atoms with Crippen molar-refractivity contribution < 1.29 is 9.59 Å². The second-order valence-corrected chi connectivity index (χ2v) is 4.23. The van der Waals surface area contributed by atoms with E-state index in [1.165, 1.54) is 0 Å². The van der Waals surface area contributed by atoms with E-state index < -0.39 is 6.04 Å². The van der Waals surface area contributed by atoms with Gasteiger partial charge >= 0.3 is 0 Å². The summed E-state index contributed by atoms with van der Waals surface area (Å²) in [6.45, 7) is 4.55. The smallest absolute Gasteiger partial charge is 0.250 e. The summed E-state index contributed by atoms with van der Waals surface area (Å²) < 4.78 is 0. The van der Waals surface area contributed by atoms with Crippen molar-refractivity contribution in [1.29, 1.82) is 0 Å². The lowest BCUT2D eigenvalue weighted by Gasteiger charge is -2.22. The highest BCUT2D eigenvalue weighted by molar-refractivity contribution is 5.90. The fourth-order valence-corrected chi connectivity index (χ4v) is 2.03. The van der Waals surface area contributed by atoms with Crippen LogP contribution in [0.25, 0.3) is 0 Å². The molecule has 18 heavy (non-hydrogen) atoms. The molecule has 4 nitrogen and oxygen atoms in total. The van der Waals surface area contributed by atoms with Gasteiger partial charge in [0.1, 0.15) is 6.04 Å². The van der Waals surface area contributed by atoms with Crippen LogP contribution in [0.15, 0.2) is 43.0 Å². The zero-order valence-electron chi connectivity index (χ0n) is 10.1. The Labute approximate surface area is 106 Å². The second-order valence-electron chi connectivity index (χ2n) is 4.23. The molecule has 1 N–H and O–H groups in total. The zero-order valence-corrected chi connectivity index (χ0v) is 10.1. The van der Waals surface area contributed by atoms with Gasteiger partial charge in [-0.3, -0.25) is 9.59 Å². The zero-order chi connectivity index (χ0) is 13.0. The largest absolute Gasteiger partial charge is 0.340 e. The van der Waals surface area contributed by atoms with Crippen LogP contribution in [0.2, 0.25) is 0 Å². The van der Waals surface area contributed by atoms with E-state index in [4.69, 9.17) is 0 Å². The molecule has 2 amide bonds. The maximum Gasteiger partial charge on any atom is 0.250 e. The van der Waals surface area contributed by atoms with Crippen molar-refractivity contribution in [2.75, 3.05) is 13.1 Å². The maximum atomic E-state index is 12.3. The molecule has 0 bridgehead atoms. The molecule has 1 heterocycles. The lowest BCUT2D eigenvalue weighted by molar-refractivity contribution is -0.133. The molecule has 1 unspecified atom stereocenters. The van der Waals surface area contributed by atoms with Gasteiger partial charge in [0.2, 0.25) is 11.8 Å². The van der Waals surface area contributed by atoms with Gasteiger partial charge in [-0.2, -0.15) is 0 Å². The molecule has 0 aliphatic carbocycles. The first-order chi connectivity index (χ1) is 8.72. The van der Waals surface area contributed by atoms with Crippen molar-refractivity contribution in [3.05, 3.63) is 48.6 Å². The minimum atomic E-state index is -0.582. The van der Waals surface area contributed by atoms with Crippen molar-refractivity contribution in [3.8, 4) is 0 Å². The third-order valence-electron chi connectivity index (χ3n) is 2.96. The first-order valence-electron chi connectivity index (χ1n) is 5.96. The molecule has 1 atom stereocenters. The average Bonchev–Trinajstić information content (AvgIpc) is 2.53. The normalized spacial score (nSPS) is 20.2. The third kappa shape index (κ3) is 2.59. The summed E-state index contributed by atoms with van der Waals surface area (Å²) in [5, 5.41) is 2.77. The van der Waals surface area contributed by atoms with E-state index >= 15 is 0 Å². The molecular formula is C14H16N2O2. The minimum Gasteiger partial charge on any atom is -0.340 e. The number of nitrogens with zero attached hydrogens (tertiary/aromatic N) is 1. The molecule has 1 aromatic rings. The molecule has 0 spiro atoms. The predicted octanol–water partition coefficient (Wildman–Crippen LogP) is 1.26. The number of carbonyl (C=O) groups excluding carboxylic acids is 2. The van der Waals surface area contributed by atoms with Crippen LogP contribution < -0.4 is 5.32 Å². The Balaban J connectivity index is 2.28. The number of hydrogen-bond donors (Lipinski definition) is 1. The van der Waals surface area contributed by atoms with Crippen LogP contribution >= 0.6 is 0 Å². The highest BCUT2D eigenvalue weighted by Crippen LogP contribution is 2.18. The average molecular weight is 244 g/mol. The highest BCUT2D eigenvalue weighted by atomic mass is 16.2. The monoisotopic (exact) mass is 244 g/mol. The molecule has 1 aliphatic rings. The van der Waals surface area contributed by atoms with E-state index in [2.05, 4.69) is 11.9 Å². The Morgan fingerprint density at radius 1 is 1.33 bits per heavy atom. The summed E-state index contributed by atoms with van der Waals surface area (Å²) in [4.78, 5) is 25.6. The van der Waals surface area contributed by atoms with Gasteiger partial charge in [-0.25, -0.2) is 0 Å². The predicted molar refractivity (Wildman–Crippen MR) is 68.7 cm³/mol. The van der Waals surface area contributed by atoms with Gasteiger partial charge in [0.15, 0.2) is 0 Å². The van der Waals surface area contributed by atoms with Gasteiger partial charge in [-0.15, -0.1) is 6.58 Å². The van der Waals surface area contributed by atoms with E-state index in [-0.39, 0.29) is 11.8 Å². The van der Waals surface area contributed by atoms with Crippen LogP contribution in [0.1, 0.15) is 18.0 Å². The van der Waals surface area contributed by atoms with Crippen molar-refractivity contribution >= 4 is 11.8 Å². The molecule has 1 saturated heterocycles. The summed E-state index contributed by atoms with van der Waals surface area (Å²) >= 11 is 0. The van der Waals surface area contributed by atoms with Gasteiger partial charge in [0.05, 0.1) is 0 Å². The van der Waals surface area contributed by atoms with Crippen LogP contribution in [-0.4, -0.2) is 29.8 Å². The van der Waals surface area contributed by atoms with Crippen LogP contribution in [0.5, 0.6) is 0 Å². The molecular weight excluding hydrogens is 228 g/mol. The second kappa shape index (κ2) is 5.49. The number of benzene rings is 1. The van der Waals surface area contributed by atoms with Crippen molar-refractivity contribution in [2.45, 2.75) is 12.5 Å². The number of hydrogen-bond acceptors (Lipinski definition) is 2. The van der Waals surface area contributed by atoms with Crippen LogP contribution in [0, 0.1) is 0 Å². The Morgan fingerprint density at radius 2 is 2.06 bits per heavy atom. The molecule has 94 valence electrons. The Morgan fingerprint density at radius 3 is 2.72 bits per heavy atom. The first-order valence-corrected chi connectivity index (χ1v) is 5.96. The van der Waals surface area contributed by atoms with Gasteiger partial charge in [0, 0.05) is 19.5 Å². The lowest BCUT2D eigenvalue weighted by Crippen LogP contribution is -2.38. The number of carbonyl (C=O) groups is 2. The molecule has 4 heteroatoms. The minimum absolute atomic E-state index is 0.0769. The number of amides is 2. The van der Waals surface area contributed by atoms with Gasteiger partial charge < -0.3 is 10.2 Å². The maximum absolute atomic E-state index is 12.3. The Bertz CT molecular complexity index is 456. The molecule has 0 saturated carbocycles. The molecule has 0 radical (unpaired) electrons. The van der Waals surface area contributed by atoms with Crippen LogP contribution in [0.4, 0.5) is 0 Å². The highest BCUT2D eigenvalue weighted by Gasteiger charge is 2.30. The van der Waals surface area contributed by atoms with Gasteiger partial charge in [-0.05, 0) is 5.56 Å². The van der Waals surface area contributed by atoms with Crippen molar-refractivity contribution in [2.24, 2.45) is 0 Å². The molecule has 1 aliphatic heterocycles. The van der Waals surface area contributed by atoms with E-state index in [9.17, 15) is 9.59 Å². The number of rotatable bonds is 3. The molecule has 2 rings (SSSR count). The van der Waals surface area contributed by atoms with Crippen molar-refractivity contribution in [3.63, 3.8) is 0 Å². The Hall–Kier alpha value is -2.10. The van der Waals surface area contributed by atoms with E-state index in [0.717, 1.165) is 5.56 Å². The fourth-order valence-electron chi connectivity index (χ4n) is 2.03. The van der Waals surface area contributed by atoms with Crippen molar-refractivity contribution in [1.82, 2.24) is 10.2 Å². The standard InChI is InChI=1S/C14H16N2O2/c1-2-9-16-10-8-12(17)15-13(14(16)18)11-6-4-3-5-7-11/h2-7,13H,1,8-10H2,(H,15,17). The number of nitrogens with one attached hydrogen (secondary N) is 1. The lowest BCUT2D eigenvalue weighted by atomic mass is 10.1. The van der Waals surface area contributed by atoms with Crippen LogP contribution in [-0.2, 0) is 9.59 Å². The Kier molecular flexibility index (Phi) is 3.77. The van der Waals surface area contributed by atoms with E-state index in [1.807, 2.05) is 30.3 Å². The van der Waals surface area contributed by atoms with E-state index in [1.54, 1.807) is 11.0 Å². The quantitative estimate of drug-likeness (QED) is 0.814. The third-order valence-corrected chi connectivity index (χ3v) is 2.96. The van der Waals surface area contributed by atoms with Gasteiger partial charge in [0.25, 0.3) is 0 Å². The van der Waals surface area contributed by atoms with Crippen LogP contribution in [0.3, 0.4) is 0 Å². The summed E-state index contributed by atoms with van der Waals surface area (Å²) in [5.74, 6) is -0.171. The molecule has 1 aromatic carbocycles. The fraction of sp³-hybridized carbons (Fsp3) is 0.286. The topological polar surface area (TPSA) is 49.4 Å². The molecule has 0 aromatic heterocycles. The van der Waals surface area contributed by atoms with E-state index in [0.29, 0.717) is 19.5 Å². The summed E-state index contributed by atoms with van der Waals surface area (Å²) in [5.41, 5.74) is 0.812. The SMILES string of the molecule is C=CCN1CCC(=O)NC(c2ccccc2)C1=O.